The number of rotatable bonds is 3. The minimum atomic E-state index is -1.44. The number of pyridine rings is 1. The van der Waals surface area contributed by atoms with Crippen LogP contribution in [0.4, 0.5) is 0 Å². The summed E-state index contributed by atoms with van der Waals surface area (Å²) in [6.07, 6.45) is 1.68. The largest absolute Gasteiger partial charge is 0.367 e. The second-order valence-corrected chi connectivity index (χ2v) is 5.36. The van der Waals surface area contributed by atoms with Crippen LogP contribution in [0, 0.1) is 0 Å². The van der Waals surface area contributed by atoms with Crippen molar-refractivity contribution in [2.24, 2.45) is 11.5 Å². The fourth-order valence-electron chi connectivity index (χ4n) is 2.01. The Hall–Kier alpha value is -2.31. The lowest BCUT2D eigenvalue weighted by molar-refractivity contribution is -0.122. The second-order valence-electron chi connectivity index (χ2n) is 4.38. The number of carbonyl (C=O) groups excluding carboxylic acids is 1. The van der Waals surface area contributed by atoms with Gasteiger partial charge < -0.3 is 11.5 Å². The van der Waals surface area contributed by atoms with E-state index in [-0.39, 0.29) is 0 Å². The van der Waals surface area contributed by atoms with Gasteiger partial charge in [-0.2, -0.15) is 0 Å². The molecule has 0 saturated carbocycles. The summed E-state index contributed by atoms with van der Waals surface area (Å²) < 4.78 is 0. The van der Waals surface area contributed by atoms with Crippen molar-refractivity contribution in [1.82, 2.24) is 9.97 Å². The van der Waals surface area contributed by atoms with Crippen molar-refractivity contribution in [3.63, 3.8) is 0 Å². The number of nitrogens with two attached hydrogens (primary N) is 2. The van der Waals surface area contributed by atoms with Crippen molar-refractivity contribution < 1.29 is 4.79 Å². The van der Waals surface area contributed by atoms with Crippen LogP contribution < -0.4 is 11.5 Å². The maximum Gasteiger partial charge on any atom is 0.249 e. The standard InChI is InChI=1S/C14H12N4OS/c15-12(19)14(16,9-5-2-1-3-6-9)13-18-10-7-4-8-17-11(10)20-13/h1-8H,16H2,(H2,15,19). The maximum atomic E-state index is 11.9. The molecule has 0 spiro atoms. The fourth-order valence-corrected chi connectivity index (χ4v) is 3.05. The molecule has 2 aromatic heterocycles. The van der Waals surface area contributed by atoms with E-state index in [1.807, 2.05) is 24.3 Å². The van der Waals surface area contributed by atoms with Crippen LogP contribution in [0.1, 0.15) is 10.6 Å². The summed E-state index contributed by atoms with van der Waals surface area (Å²) in [6, 6.07) is 12.6. The highest BCUT2D eigenvalue weighted by Crippen LogP contribution is 2.32. The Bertz CT molecular complexity index is 738. The quantitative estimate of drug-likeness (QED) is 0.759. The first-order valence-electron chi connectivity index (χ1n) is 5.98. The van der Waals surface area contributed by atoms with Gasteiger partial charge in [-0.1, -0.05) is 41.7 Å². The zero-order valence-corrected chi connectivity index (χ0v) is 11.3. The summed E-state index contributed by atoms with van der Waals surface area (Å²) in [5, 5.41) is 0.449. The average Bonchev–Trinajstić information content (AvgIpc) is 2.91. The molecule has 0 saturated heterocycles. The Morgan fingerprint density at radius 3 is 2.55 bits per heavy atom. The number of fused-ring (bicyclic) bond motifs is 1. The third-order valence-electron chi connectivity index (χ3n) is 3.12. The van der Waals surface area contributed by atoms with E-state index < -0.39 is 11.4 Å². The van der Waals surface area contributed by atoms with Gasteiger partial charge in [-0.15, -0.1) is 0 Å². The molecule has 0 aliphatic carbocycles. The lowest BCUT2D eigenvalue weighted by atomic mass is 9.91. The third kappa shape index (κ3) is 1.86. The van der Waals surface area contributed by atoms with E-state index in [4.69, 9.17) is 11.5 Å². The van der Waals surface area contributed by atoms with Gasteiger partial charge >= 0.3 is 0 Å². The van der Waals surface area contributed by atoms with E-state index in [1.54, 1.807) is 24.4 Å². The molecule has 1 aromatic carbocycles. The molecule has 5 nitrogen and oxygen atoms in total. The van der Waals surface area contributed by atoms with Gasteiger partial charge in [0, 0.05) is 6.20 Å². The molecule has 20 heavy (non-hydrogen) atoms. The van der Waals surface area contributed by atoms with Crippen LogP contribution in [0.15, 0.2) is 48.7 Å². The lowest BCUT2D eigenvalue weighted by Gasteiger charge is -2.23. The summed E-state index contributed by atoms with van der Waals surface area (Å²) in [6.45, 7) is 0. The molecule has 6 heteroatoms. The summed E-state index contributed by atoms with van der Waals surface area (Å²) in [5.74, 6) is -0.636. The van der Waals surface area contributed by atoms with Gasteiger partial charge in [-0.25, -0.2) is 9.97 Å². The molecule has 1 atom stereocenters. The number of aromatic nitrogens is 2. The van der Waals surface area contributed by atoms with Crippen molar-refractivity contribution in [1.29, 1.82) is 0 Å². The fraction of sp³-hybridized carbons (Fsp3) is 0.0714. The minimum absolute atomic E-state index is 0.449. The van der Waals surface area contributed by atoms with Crippen LogP contribution in [0.5, 0.6) is 0 Å². The van der Waals surface area contributed by atoms with Crippen LogP contribution >= 0.6 is 11.3 Å². The van der Waals surface area contributed by atoms with Gasteiger partial charge in [0.25, 0.3) is 0 Å². The Balaban J connectivity index is 2.23. The van der Waals surface area contributed by atoms with E-state index in [1.165, 1.54) is 11.3 Å². The zero-order chi connectivity index (χ0) is 14.2. The van der Waals surface area contributed by atoms with E-state index in [0.29, 0.717) is 16.1 Å². The predicted molar refractivity (Wildman–Crippen MR) is 78.0 cm³/mol. The summed E-state index contributed by atoms with van der Waals surface area (Å²) in [4.78, 5) is 21.3. The van der Waals surface area contributed by atoms with Crippen molar-refractivity contribution in [2.75, 3.05) is 0 Å². The van der Waals surface area contributed by atoms with Gasteiger partial charge in [0.05, 0.1) is 0 Å². The molecule has 2 heterocycles. The van der Waals surface area contributed by atoms with Crippen LogP contribution in [0.2, 0.25) is 0 Å². The van der Waals surface area contributed by atoms with Crippen molar-refractivity contribution in [3.8, 4) is 0 Å². The van der Waals surface area contributed by atoms with Crippen LogP contribution in [-0.4, -0.2) is 15.9 Å². The number of carbonyl (C=O) groups is 1. The zero-order valence-electron chi connectivity index (χ0n) is 10.5. The van der Waals surface area contributed by atoms with E-state index in [0.717, 1.165) is 4.83 Å². The summed E-state index contributed by atoms with van der Waals surface area (Å²) >= 11 is 1.28. The molecule has 100 valence electrons. The molecule has 0 aliphatic rings. The highest BCUT2D eigenvalue weighted by atomic mass is 32.1. The molecule has 4 N–H and O–H groups in total. The lowest BCUT2D eigenvalue weighted by Crippen LogP contribution is -2.49. The minimum Gasteiger partial charge on any atom is -0.367 e. The number of hydrogen-bond acceptors (Lipinski definition) is 5. The van der Waals surface area contributed by atoms with Crippen LogP contribution in [0.3, 0.4) is 0 Å². The second kappa shape index (κ2) is 4.66. The topological polar surface area (TPSA) is 94.9 Å². The molecule has 1 unspecified atom stereocenters. The predicted octanol–water partition coefficient (Wildman–Crippen LogP) is 1.38. The Kier molecular flexibility index (Phi) is 2.96. The highest BCUT2D eigenvalue weighted by molar-refractivity contribution is 7.18. The molecule has 1 amide bonds. The SMILES string of the molecule is NC(=O)C(N)(c1ccccc1)c1nc2cccnc2s1. The summed E-state index contributed by atoms with van der Waals surface area (Å²) in [5.41, 5.74) is 11.7. The van der Waals surface area contributed by atoms with E-state index >= 15 is 0 Å². The number of nitrogens with zero attached hydrogens (tertiary/aromatic N) is 2. The molecule has 0 aliphatic heterocycles. The van der Waals surface area contributed by atoms with E-state index in [2.05, 4.69) is 9.97 Å². The number of primary amides is 1. The normalized spacial score (nSPS) is 14.1. The molecule has 0 fully saturated rings. The van der Waals surface area contributed by atoms with Gasteiger partial charge in [-0.05, 0) is 17.7 Å². The van der Waals surface area contributed by atoms with Gasteiger partial charge in [0.2, 0.25) is 5.91 Å². The van der Waals surface area contributed by atoms with Gasteiger partial charge in [-0.3, -0.25) is 4.79 Å². The Labute approximate surface area is 119 Å². The van der Waals surface area contributed by atoms with Crippen LogP contribution in [0.25, 0.3) is 10.3 Å². The smallest absolute Gasteiger partial charge is 0.249 e. The van der Waals surface area contributed by atoms with Crippen molar-refractivity contribution in [2.45, 2.75) is 5.54 Å². The highest BCUT2D eigenvalue weighted by Gasteiger charge is 2.39. The molecular formula is C14H12N4OS. The van der Waals surface area contributed by atoms with Gasteiger partial charge in [0.1, 0.15) is 15.4 Å². The van der Waals surface area contributed by atoms with E-state index in [9.17, 15) is 4.79 Å². The molecular weight excluding hydrogens is 272 g/mol. The average molecular weight is 284 g/mol. The number of hydrogen-bond donors (Lipinski definition) is 2. The number of benzene rings is 1. The molecule has 3 rings (SSSR count). The van der Waals surface area contributed by atoms with Crippen LogP contribution in [-0.2, 0) is 10.3 Å². The molecule has 0 radical (unpaired) electrons. The van der Waals surface area contributed by atoms with Crippen molar-refractivity contribution in [3.05, 3.63) is 59.2 Å². The van der Waals surface area contributed by atoms with Gasteiger partial charge in [0.15, 0.2) is 5.54 Å². The summed E-state index contributed by atoms with van der Waals surface area (Å²) in [7, 11) is 0. The number of thiazole rings is 1. The van der Waals surface area contributed by atoms with Crippen molar-refractivity contribution >= 4 is 27.6 Å². The Morgan fingerprint density at radius 2 is 1.90 bits per heavy atom. The first kappa shape index (κ1) is 12.7. The molecule has 0 bridgehead atoms. The first-order valence-corrected chi connectivity index (χ1v) is 6.80. The number of amides is 1. The first-order chi connectivity index (χ1) is 9.62. The Morgan fingerprint density at radius 1 is 1.15 bits per heavy atom. The molecule has 3 aromatic rings. The monoisotopic (exact) mass is 284 g/mol. The maximum absolute atomic E-state index is 11.9. The third-order valence-corrected chi connectivity index (χ3v) is 4.24.